The van der Waals surface area contributed by atoms with Crippen molar-refractivity contribution in [3.8, 4) is 5.75 Å². The standard InChI is InChI=1S/C16H22F3N3O3/c1-24-14-7-10(16(23)25-2)12(20)8-13(14)22-5-3-21(4-6-22)9-11(17)15(18)19/h7-8,11,15H,3-6,9,20H2,1-2H3. The molecule has 6 nitrogen and oxygen atoms in total. The van der Waals surface area contributed by atoms with Crippen LogP contribution in [0.5, 0.6) is 5.75 Å². The van der Waals surface area contributed by atoms with Gasteiger partial charge >= 0.3 is 5.97 Å². The zero-order valence-corrected chi connectivity index (χ0v) is 14.2. The van der Waals surface area contributed by atoms with Crippen LogP contribution in [0.15, 0.2) is 12.1 Å². The zero-order valence-electron chi connectivity index (χ0n) is 14.2. The molecule has 0 saturated carbocycles. The van der Waals surface area contributed by atoms with Crippen LogP contribution < -0.4 is 15.4 Å². The topological polar surface area (TPSA) is 68.0 Å². The number of ether oxygens (including phenoxy) is 2. The molecule has 1 aliphatic rings. The van der Waals surface area contributed by atoms with Crippen molar-refractivity contribution in [3.05, 3.63) is 17.7 Å². The van der Waals surface area contributed by atoms with Crippen LogP contribution in [0.2, 0.25) is 0 Å². The summed E-state index contributed by atoms with van der Waals surface area (Å²) in [6, 6.07) is 3.13. The van der Waals surface area contributed by atoms with Crippen LogP contribution in [0.4, 0.5) is 24.5 Å². The van der Waals surface area contributed by atoms with Gasteiger partial charge in [0.15, 0.2) is 6.17 Å². The molecule has 9 heteroatoms. The summed E-state index contributed by atoms with van der Waals surface area (Å²) in [5.74, 6) is -0.104. The van der Waals surface area contributed by atoms with Gasteiger partial charge in [0.2, 0.25) is 0 Å². The van der Waals surface area contributed by atoms with Gasteiger partial charge in [0.05, 0.1) is 25.5 Å². The van der Waals surface area contributed by atoms with E-state index in [0.29, 0.717) is 37.6 Å². The first-order valence-corrected chi connectivity index (χ1v) is 7.82. The second-order valence-corrected chi connectivity index (χ2v) is 5.74. The highest BCUT2D eigenvalue weighted by molar-refractivity contribution is 5.97. The number of carbonyl (C=O) groups is 1. The van der Waals surface area contributed by atoms with Gasteiger partial charge in [-0.1, -0.05) is 0 Å². The monoisotopic (exact) mass is 361 g/mol. The van der Waals surface area contributed by atoms with E-state index in [-0.39, 0.29) is 17.8 Å². The van der Waals surface area contributed by atoms with Crippen LogP contribution in [0, 0.1) is 0 Å². The smallest absolute Gasteiger partial charge is 0.340 e. The average Bonchev–Trinajstić information content (AvgIpc) is 2.61. The van der Waals surface area contributed by atoms with E-state index in [4.69, 9.17) is 10.5 Å². The van der Waals surface area contributed by atoms with Crippen molar-refractivity contribution in [3.63, 3.8) is 0 Å². The lowest BCUT2D eigenvalue weighted by atomic mass is 10.1. The molecule has 1 aliphatic heterocycles. The molecule has 1 atom stereocenters. The van der Waals surface area contributed by atoms with Gasteiger partial charge in [-0.25, -0.2) is 18.0 Å². The Morgan fingerprint density at radius 3 is 2.36 bits per heavy atom. The normalized spacial score (nSPS) is 16.8. The molecule has 0 bridgehead atoms. The number of piperazine rings is 1. The number of carbonyl (C=O) groups excluding carboxylic acids is 1. The third-order valence-electron chi connectivity index (χ3n) is 4.18. The van der Waals surface area contributed by atoms with E-state index >= 15 is 0 Å². The fourth-order valence-electron chi connectivity index (χ4n) is 2.78. The summed E-state index contributed by atoms with van der Waals surface area (Å²) in [5, 5.41) is 0. The van der Waals surface area contributed by atoms with Gasteiger partial charge in [0.1, 0.15) is 5.75 Å². The highest BCUT2D eigenvalue weighted by Crippen LogP contribution is 2.34. The molecule has 0 aromatic heterocycles. The number of anilines is 2. The van der Waals surface area contributed by atoms with Crippen LogP contribution in [0.25, 0.3) is 0 Å². The number of nitrogens with zero attached hydrogens (tertiary/aromatic N) is 2. The molecular weight excluding hydrogens is 339 g/mol. The van der Waals surface area contributed by atoms with Gasteiger partial charge in [0, 0.05) is 38.4 Å². The third kappa shape index (κ3) is 4.47. The van der Waals surface area contributed by atoms with Gasteiger partial charge in [-0.15, -0.1) is 0 Å². The Hall–Kier alpha value is -2.16. The number of esters is 1. The summed E-state index contributed by atoms with van der Waals surface area (Å²) in [4.78, 5) is 15.3. The third-order valence-corrected chi connectivity index (χ3v) is 4.18. The Balaban J connectivity index is 2.10. The number of alkyl halides is 3. The lowest BCUT2D eigenvalue weighted by molar-refractivity contribution is 0.0266. The minimum atomic E-state index is -2.97. The maximum absolute atomic E-state index is 13.2. The predicted octanol–water partition coefficient (Wildman–Crippen LogP) is 1.79. The van der Waals surface area contributed by atoms with E-state index in [1.165, 1.54) is 20.3 Å². The summed E-state index contributed by atoms with van der Waals surface area (Å²) in [7, 11) is 2.74. The van der Waals surface area contributed by atoms with Crippen LogP contribution in [-0.4, -0.2) is 70.4 Å². The minimum absolute atomic E-state index is 0.207. The summed E-state index contributed by atoms with van der Waals surface area (Å²) in [5.41, 5.74) is 7.08. The van der Waals surface area contributed by atoms with Crippen molar-refractivity contribution in [1.82, 2.24) is 4.90 Å². The van der Waals surface area contributed by atoms with Gasteiger partial charge in [0.25, 0.3) is 6.43 Å². The van der Waals surface area contributed by atoms with Gasteiger partial charge in [-0.2, -0.15) is 0 Å². The van der Waals surface area contributed by atoms with Gasteiger partial charge in [-0.05, 0) is 12.1 Å². The fraction of sp³-hybridized carbons (Fsp3) is 0.562. The maximum Gasteiger partial charge on any atom is 0.340 e. The Morgan fingerprint density at radius 1 is 1.20 bits per heavy atom. The number of hydrogen-bond acceptors (Lipinski definition) is 6. The van der Waals surface area contributed by atoms with E-state index < -0.39 is 18.6 Å². The largest absolute Gasteiger partial charge is 0.495 e. The molecule has 0 amide bonds. The molecule has 0 spiro atoms. The summed E-state index contributed by atoms with van der Waals surface area (Å²) >= 11 is 0. The van der Waals surface area contributed by atoms with E-state index in [9.17, 15) is 18.0 Å². The molecule has 0 radical (unpaired) electrons. The first kappa shape index (κ1) is 19.2. The molecule has 1 saturated heterocycles. The highest BCUT2D eigenvalue weighted by atomic mass is 19.3. The summed E-state index contributed by atoms with van der Waals surface area (Å²) in [6.07, 6.45) is -5.11. The molecule has 1 fully saturated rings. The Bertz CT molecular complexity index is 608. The van der Waals surface area contributed by atoms with Crippen LogP contribution in [0.1, 0.15) is 10.4 Å². The van der Waals surface area contributed by atoms with E-state index in [2.05, 4.69) is 4.74 Å². The van der Waals surface area contributed by atoms with Crippen molar-refractivity contribution in [1.29, 1.82) is 0 Å². The van der Waals surface area contributed by atoms with Crippen molar-refractivity contribution >= 4 is 17.3 Å². The first-order valence-electron chi connectivity index (χ1n) is 7.82. The number of nitrogens with two attached hydrogens (primary N) is 1. The predicted molar refractivity (Wildman–Crippen MR) is 88.3 cm³/mol. The number of rotatable bonds is 6. The number of halogens is 3. The Kier molecular flexibility index (Phi) is 6.35. The summed E-state index contributed by atoms with van der Waals surface area (Å²) < 4.78 is 47.8. The molecule has 1 aromatic rings. The van der Waals surface area contributed by atoms with E-state index in [0.717, 1.165) is 0 Å². The lowest BCUT2D eigenvalue weighted by Gasteiger charge is -2.37. The lowest BCUT2D eigenvalue weighted by Crippen LogP contribution is -2.49. The highest BCUT2D eigenvalue weighted by Gasteiger charge is 2.27. The molecule has 2 N–H and O–H groups in total. The number of hydrogen-bond donors (Lipinski definition) is 1. The van der Waals surface area contributed by atoms with Crippen molar-refractivity contribution in [2.75, 3.05) is 57.6 Å². The molecular formula is C16H22F3N3O3. The molecule has 2 rings (SSSR count). The van der Waals surface area contributed by atoms with Crippen LogP contribution in [-0.2, 0) is 4.74 Å². The molecule has 1 unspecified atom stereocenters. The van der Waals surface area contributed by atoms with Gasteiger partial charge in [-0.3, -0.25) is 4.90 Å². The second kappa shape index (κ2) is 8.28. The number of benzene rings is 1. The maximum atomic E-state index is 13.2. The summed E-state index contributed by atoms with van der Waals surface area (Å²) in [6.45, 7) is 1.60. The number of methoxy groups -OCH3 is 2. The molecule has 25 heavy (non-hydrogen) atoms. The van der Waals surface area contributed by atoms with Crippen molar-refractivity contribution < 1.29 is 27.4 Å². The second-order valence-electron chi connectivity index (χ2n) is 5.74. The van der Waals surface area contributed by atoms with Crippen LogP contribution in [0.3, 0.4) is 0 Å². The Labute approximate surface area is 144 Å². The number of nitrogen functional groups attached to an aromatic ring is 1. The fourth-order valence-corrected chi connectivity index (χ4v) is 2.78. The van der Waals surface area contributed by atoms with Crippen LogP contribution >= 0.6 is 0 Å². The molecule has 140 valence electrons. The Morgan fingerprint density at radius 2 is 1.84 bits per heavy atom. The molecule has 0 aliphatic carbocycles. The molecule has 1 aromatic carbocycles. The minimum Gasteiger partial charge on any atom is -0.495 e. The molecule has 1 heterocycles. The van der Waals surface area contributed by atoms with Crippen molar-refractivity contribution in [2.24, 2.45) is 0 Å². The average molecular weight is 361 g/mol. The van der Waals surface area contributed by atoms with Gasteiger partial charge < -0.3 is 20.1 Å². The van der Waals surface area contributed by atoms with Crippen molar-refractivity contribution in [2.45, 2.75) is 12.6 Å². The van der Waals surface area contributed by atoms with E-state index in [1.54, 1.807) is 11.0 Å². The SMILES string of the molecule is COC(=O)c1cc(OC)c(N2CCN(CC(F)C(F)F)CC2)cc1N. The first-order chi connectivity index (χ1) is 11.9. The zero-order chi connectivity index (χ0) is 18.6. The van der Waals surface area contributed by atoms with E-state index in [1.807, 2.05) is 4.90 Å². The quantitative estimate of drug-likeness (QED) is 0.616.